The number of unbranched alkanes of at least 4 members (excludes halogenated alkanes) is 6. The Morgan fingerprint density at radius 2 is 1.96 bits per heavy atom. The maximum atomic E-state index is 10.5. The fourth-order valence-corrected chi connectivity index (χ4v) is 2.34. The number of hydrazone groups is 1. The van der Waals surface area contributed by atoms with Gasteiger partial charge in [-0.2, -0.15) is 5.10 Å². The Hall–Kier alpha value is -1.75. The number of rotatable bonds is 11. The number of nitrogens with one attached hydrogen (secondary N) is 1. The van der Waals surface area contributed by atoms with Crippen molar-refractivity contribution < 1.29 is 9.53 Å². The fourth-order valence-electron chi connectivity index (χ4n) is 2.12. The highest BCUT2D eigenvalue weighted by atomic mass is 35.5. The van der Waals surface area contributed by atoms with E-state index in [-0.39, 0.29) is 0 Å². The van der Waals surface area contributed by atoms with Crippen molar-refractivity contribution in [3.05, 3.63) is 28.8 Å². The van der Waals surface area contributed by atoms with Crippen molar-refractivity contribution in [1.29, 1.82) is 0 Å². The molecule has 0 unspecified atom stereocenters. The highest BCUT2D eigenvalue weighted by molar-refractivity contribution is 6.33. The molecule has 2 amide bonds. The van der Waals surface area contributed by atoms with Crippen molar-refractivity contribution in [2.45, 2.75) is 51.9 Å². The lowest BCUT2D eigenvalue weighted by Gasteiger charge is -2.07. The summed E-state index contributed by atoms with van der Waals surface area (Å²) in [6, 6.07) is 4.65. The number of nitrogens with zero attached hydrogens (tertiary/aromatic N) is 1. The molecule has 0 atom stereocenters. The Balaban J connectivity index is 2.26. The van der Waals surface area contributed by atoms with Gasteiger partial charge in [-0.3, -0.25) is 0 Å². The van der Waals surface area contributed by atoms with Crippen molar-refractivity contribution in [3.63, 3.8) is 0 Å². The van der Waals surface area contributed by atoms with E-state index in [2.05, 4.69) is 17.5 Å². The van der Waals surface area contributed by atoms with Gasteiger partial charge >= 0.3 is 6.03 Å². The number of carbonyl (C=O) groups is 1. The number of nitrogens with two attached hydrogens (primary N) is 1. The van der Waals surface area contributed by atoms with E-state index in [4.69, 9.17) is 22.1 Å². The number of amides is 2. The molecule has 0 aromatic heterocycles. The topological polar surface area (TPSA) is 76.7 Å². The zero-order valence-corrected chi connectivity index (χ0v) is 14.4. The van der Waals surface area contributed by atoms with E-state index in [0.717, 1.165) is 12.2 Å². The number of urea groups is 1. The van der Waals surface area contributed by atoms with Gasteiger partial charge in [0, 0.05) is 5.56 Å². The minimum atomic E-state index is -0.716. The van der Waals surface area contributed by atoms with E-state index < -0.39 is 6.03 Å². The van der Waals surface area contributed by atoms with Crippen LogP contribution in [-0.4, -0.2) is 18.9 Å². The summed E-state index contributed by atoms with van der Waals surface area (Å²) in [5.41, 5.74) is 7.72. The monoisotopic (exact) mass is 339 g/mol. The van der Waals surface area contributed by atoms with Gasteiger partial charge in [-0.05, 0) is 24.6 Å². The highest BCUT2D eigenvalue weighted by Gasteiger charge is 2.01. The quantitative estimate of drug-likeness (QED) is 0.354. The second-order valence-corrected chi connectivity index (χ2v) is 5.79. The van der Waals surface area contributed by atoms with Crippen molar-refractivity contribution >= 4 is 23.8 Å². The van der Waals surface area contributed by atoms with Crippen LogP contribution in [0.15, 0.2) is 23.3 Å². The van der Waals surface area contributed by atoms with Gasteiger partial charge in [0.1, 0.15) is 5.75 Å². The first-order valence-corrected chi connectivity index (χ1v) is 8.52. The summed E-state index contributed by atoms with van der Waals surface area (Å²) in [7, 11) is 0. The van der Waals surface area contributed by atoms with E-state index in [1.165, 1.54) is 44.7 Å². The molecule has 3 N–H and O–H groups in total. The number of halogens is 1. The van der Waals surface area contributed by atoms with Gasteiger partial charge in [-0.25, -0.2) is 10.2 Å². The smallest absolute Gasteiger partial charge is 0.332 e. The zero-order chi connectivity index (χ0) is 16.9. The summed E-state index contributed by atoms with van der Waals surface area (Å²) in [6.45, 7) is 2.92. The van der Waals surface area contributed by atoms with Crippen LogP contribution in [0, 0.1) is 0 Å². The normalized spacial score (nSPS) is 10.9. The molecule has 0 aliphatic heterocycles. The number of hydrogen-bond donors (Lipinski definition) is 2. The Morgan fingerprint density at radius 3 is 2.61 bits per heavy atom. The van der Waals surface area contributed by atoms with Crippen molar-refractivity contribution in [2.75, 3.05) is 6.61 Å². The first-order chi connectivity index (χ1) is 11.1. The SMILES string of the molecule is CCCCCCCCCOc1ccc(/C=N\NC(N)=O)c(Cl)c1. The average Bonchev–Trinajstić information content (AvgIpc) is 2.51. The largest absolute Gasteiger partial charge is 0.494 e. The third-order valence-electron chi connectivity index (χ3n) is 3.37. The predicted molar refractivity (Wildman–Crippen MR) is 95.3 cm³/mol. The van der Waals surface area contributed by atoms with Crippen LogP contribution in [-0.2, 0) is 0 Å². The fraction of sp³-hybridized carbons (Fsp3) is 0.529. The first-order valence-electron chi connectivity index (χ1n) is 8.14. The lowest BCUT2D eigenvalue weighted by atomic mass is 10.1. The van der Waals surface area contributed by atoms with Gasteiger partial charge in [0.2, 0.25) is 0 Å². The molecule has 0 bridgehead atoms. The molecule has 128 valence electrons. The predicted octanol–water partition coefficient (Wildman–Crippen LogP) is 4.47. The summed E-state index contributed by atoms with van der Waals surface area (Å²) < 4.78 is 5.69. The summed E-state index contributed by atoms with van der Waals surface area (Å²) in [4.78, 5) is 10.5. The highest BCUT2D eigenvalue weighted by Crippen LogP contribution is 2.21. The Labute approximate surface area is 143 Å². The molecule has 0 saturated carbocycles. The van der Waals surface area contributed by atoms with E-state index in [0.29, 0.717) is 17.2 Å². The van der Waals surface area contributed by atoms with Crippen LogP contribution in [0.5, 0.6) is 5.75 Å². The standard InChI is InChI=1S/C17H26ClN3O2/c1-2-3-4-5-6-7-8-11-23-15-10-9-14(16(18)12-15)13-20-21-17(19)22/h9-10,12-13H,2-8,11H2,1H3,(H3,19,21,22)/b20-13-. The summed E-state index contributed by atoms with van der Waals surface area (Å²) in [5.74, 6) is 0.737. The molecule has 23 heavy (non-hydrogen) atoms. The molecule has 1 rings (SSSR count). The van der Waals surface area contributed by atoms with Gasteiger partial charge in [0.05, 0.1) is 17.8 Å². The molecular weight excluding hydrogens is 314 g/mol. The number of ether oxygens (including phenoxy) is 1. The number of benzene rings is 1. The van der Waals surface area contributed by atoms with E-state index in [1.54, 1.807) is 12.1 Å². The minimum Gasteiger partial charge on any atom is -0.494 e. The summed E-state index contributed by atoms with van der Waals surface area (Å²) in [5, 5.41) is 4.19. The Bertz CT molecular complexity index is 507. The lowest BCUT2D eigenvalue weighted by Crippen LogP contribution is -2.24. The zero-order valence-electron chi connectivity index (χ0n) is 13.7. The second kappa shape index (κ2) is 11.8. The lowest BCUT2D eigenvalue weighted by molar-refractivity contribution is 0.249. The molecule has 0 radical (unpaired) electrons. The van der Waals surface area contributed by atoms with Gasteiger partial charge in [-0.15, -0.1) is 0 Å². The molecule has 0 aliphatic rings. The third kappa shape index (κ3) is 9.08. The van der Waals surface area contributed by atoms with Crippen molar-refractivity contribution in [1.82, 2.24) is 5.43 Å². The van der Waals surface area contributed by atoms with Crippen LogP contribution < -0.4 is 15.9 Å². The number of carbonyl (C=O) groups excluding carboxylic acids is 1. The molecule has 0 saturated heterocycles. The first kappa shape index (κ1) is 19.3. The summed E-state index contributed by atoms with van der Waals surface area (Å²) >= 11 is 6.14. The molecule has 6 heteroatoms. The molecular formula is C17H26ClN3O2. The molecule has 0 fully saturated rings. The Morgan fingerprint density at radius 1 is 1.26 bits per heavy atom. The number of primary amides is 1. The van der Waals surface area contributed by atoms with Crippen molar-refractivity contribution in [2.24, 2.45) is 10.8 Å². The van der Waals surface area contributed by atoms with E-state index in [9.17, 15) is 4.79 Å². The molecule has 1 aromatic carbocycles. The van der Waals surface area contributed by atoms with Gasteiger partial charge in [0.15, 0.2) is 0 Å². The molecule has 0 heterocycles. The molecule has 1 aromatic rings. The number of hydrogen-bond acceptors (Lipinski definition) is 3. The van der Waals surface area contributed by atoms with Crippen LogP contribution in [0.4, 0.5) is 4.79 Å². The minimum absolute atomic E-state index is 0.511. The maximum absolute atomic E-state index is 10.5. The van der Waals surface area contributed by atoms with Crippen LogP contribution in [0.3, 0.4) is 0 Å². The maximum Gasteiger partial charge on any atom is 0.332 e. The second-order valence-electron chi connectivity index (χ2n) is 5.39. The van der Waals surface area contributed by atoms with Gasteiger partial charge in [-0.1, -0.05) is 57.0 Å². The molecule has 5 nitrogen and oxygen atoms in total. The van der Waals surface area contributed by atoms with Crippen LogP contribution in [0.25, 0.3) is 0 Å². The van der Waals surface area contributed by atoms with Crippen LogP contribution in [0.2, 0.25) is 5.02 Å². The summed E-state index contributed by atoms with van der Waals surface area (Å²) in [6.07, 6.45) is 10.2. The van der Waals surface area contributed by atoms with Gasteiger partial charge < -0.3 is 10.5 Å². The third-order valence-corrected chi connectivity index (χ3v) is 3.69. The van der Waals surface area contributed by atoms with E-state index >= 15 is 0 Å². The van der Waals surface area contributed by atoms with Crippen LogP contribution >= 0.6 is 11.6 Å². The van der Waals surface area contributed by atoms with Gasteiger partial charge in [0.25, 0.3) is 0 Å². The van der Waals surface area contributed by atoms with E-state index in [1.807, 2.05) is 6.07 Å². The average molecular weight is 340 g/mol. The Kier molecular flexibility index (Phi) is 9.87. The van der Waals surface area contributed by atoms with Crippen molar-refractivity contribution in [3.8, 4) is 5.75 Å². The van der Waals surface area contributed by atoms with Crippen LogP contribution in [0.1, 0.15) is 57.4 Å². The molecule has 0 aliphatic carbocycles. The molecule has 0 spiro atoms.